The molecule has 0 fully saturated rings. The number of benzene rings is 5. The first-order valence-electron chi connectivity index (χ1n) is 14.0. The highest BCUT2D eigenvalue weighted by molar-refractivity contribution is 7.21. The first-order valence-corrected chi connectivity index (χ1v) is 14.0. The van der Waals surface area contributed by atoms with Crippen LogP contribution in [0.3, 0.4) is 0 Å². The van der Waals surface area contributed by atoms with Gasteiger partial charge in [-0.05, 0) is 22.8 Å². The quantitative estimate of drug-likeness (QED) is 0.108. The van der Waals surface area contributed by atoms with E-state index < -0.39 is 185 Å². The molecule has 2 aliphatic rings. The minimum atomic E-state index is -6.33. The van der Waals surface area contributed by atoms with Crippen LogP contribution in [0.4, 0.5) is 87.8 Å². The second-order valence-electron chi connectivity index (χ2n) is 11.7. The van der Waals surface area contributed by atoms with E-state index in [1.54, 1.807) is 0 Å². The molecule has 282 valence electrons. The number of fused-ring (bicyclic) bond motifs is 7. The zero-order valence-electron chi connectivity index (χ0n) is 24.6. The molecule has 0 unspecified atom stereocenters. The van der Waals surface area contributed by atoms with Crippen molar-refractivity contribution in [2.75, 3.05) is 0 Å². The summed E-state index contributed by atoms with van der Waals surface area (Å²) >= 11 is 0. The molecule has 2 aliphatic heterocycles. The van der Waals surface area contributed by atoms with Crippen molar-refractivity contribution < 1.29 is 97.4 Å². The molecule has 1 spiro atoms. The van der Waals surface area contributed by atoms with Gasteiger partial charge in [-0.1, -0.05) is 0 Å². The van der Waals surface area contributed by atoms with Crippen LogP contribution >= 0.6 is 0 Å². The Morgan fingerprint density at radius 1 is 0.315 bits per heavy atom. The zero-order valence-corrected chi connectivity index (χ0v) is 24.6. The Morgan fingerprint density at radius 2 is 0.630 bits per heavy atom. The van der Waals surface area contributed by atoms with Crippen LogP contribution in [0.1, 0.15) is 0 Å². The smallest absolute Gasteiger partial charge is 0.259 e. The van der Waals surface area contributed by atoms with Crippen molar-refractivity contribution >= 4 is 40.2 Å². The molecule has 0 bridgehead atoms. The highest BCUT2D eigenvalue weighted by Crippen LogP contribution is 2.43. The van der Waals surface area contributed by atoms with Gasteiger partial charge in [-0.25, -0.2) is 87.8 Å². The Hall–Kier alpha value is -5.25. The van der Waals surface area contributed by atoms with Gasteiger partial charge in [0.25, 0.3) is 6.55 Å². The third kappa shape index (κ3) is 4.09. The summed E-state index contributed by atoms with van der Waals surface area (Å²) in [6, 6.07) is -0.689. The first-order chi connectivity index (χ1) is 25.0. The average Bonchev–Trinajstić information content (AvgIpc) is 3.59. The van der Waals surface area contributed by atoms with Crippen LogP contribution in [0.15, 0.2) is 6.07 Å². The molecule has 0 amide bonds. The second kappa shape index (κ2) is 11.4. The lowest BCUT2D eigenvalue weighted by Crippen LogP contribution is -2.70. The second-order valence-corrected chi connectivity index (χ2v) is 11.7. The van der Waals surface area contributed by atoms with E-state index in [1.807, 2.05) is 0 Å². The van der Waals surface area contributed by atoms with E-state index in [9.17, 15) is 53.3 Å². The molecule has 5 aromatic rings. The molecule has 0 saturated heterocycles. The van der Waals surface area contributed by atoms with Gasteiger partial charge in [0.15, 0.2) is 93.6 Å². The summed E-state index contributed by atoms with van der Waals surface area (Å²) in [6.45, 7) is -6.33. The summed E-state index contributed by atoms with van der Waals surface area (Å²) < 4.78 is 307. The predicted molar refractivity (Wildman–Crippen MR) is 142 cm³/mol. The topological polar surface area (TPSA) is 29.5 Å². The van der Waals surface area contributed by atoms with Crippen LogP contribution in [-0.2, 0) is 4.57 Å². The lowest BCUT2D eigenvalue weighted by molar-refractivity contribution is 0.391. The first kappa shape index (κ1) is 37.1. The zero-order chi connectivity index (χ0) is 40.2. The van der Waals surface area contributed by atoms with Crippen molar-refractivity contribution in [3.8, 4) is 22.3 Å². The standard InChI is InChI=1S/C30H2B2F20O2/c33-3-1-2(12(34)22(44)13(3)35)4-9(19(41)28(50)23(45)14(4)36)32(53)11-10(20(42)29(51)30(52)21(11)43)31(54-32)7-5(15(37)24(46)26(48)17(7)39)6-8(31)18(40)27(49)25(47)16(6)38/h1,53H/q-2/t32-/m0/s1. The van der Waals surface area contributed by atoms with E-state index in [0.29, 0.717) is 0 Å². The fourth-order valence-corrected chi connectivity index (χ4v) is 7.24. The van der Waals surface area contributed by atoms with Crippen LogP contribution in [-0.4, -0.2) is 17.9 Å². The van der Waals surface area contributed by atoms with Gasteiger partial charge in [-0.15, -0.1) is 21.9 Å². The normalized spacial score (nSPS) is 16.8. The van der Waals surface area contributed by atoms with Gasteiger partial charge in [-0.2, -0.15) is 5.46 Å². The molecular formula is C30H2B2F20O2-2. The lowest BCUT2D eigenvalue weighted by Gasteiger charge is -2.48. The van der Waals surface area contributed by atoms with Crippen LogP contribution in [0.25, 0.3) is 22.3 Å². The third-order valence-corrected chi connectivity index (χ3v) is 9.28. The number of hydrogen-bond acceptors (Lipinski definition) is 2. The van der Waals surface area contributed by atoms with Gasteiger partial charge < -0.3 is 9.60 Å². The summed E-state index contributed by atoms with van der Waals surface area (Å²) in [5.41, 5.74) is -23.0. The monoisotopic (exact) mass is 796 g/mol. The number of hydrogen-bond donors (Lipinski definition) is 1. The van der Waals surface area contributed by atoms with E-state index in [2.05, 4.69) is 0 Å². The van der Waals surface area contributed by atoms with Crippen molar-refractivity contribution in [3.05, 3.63) is 122 Å². The molecule has 2 nitrogen and oxygen atoms in total. The molecule has 0 saturated carbocycles. The highest BCUT2D eigenvalue weighted by atomic mass is 19.2. The molecular weight excluding hydrogens is 794 g/mol. The van der Waals surface area contributed by atoms with Crippen molar-refractivity contribution in [3.63, 3.8) is 0 Å². The Labute approximate surface area is 282 Å². The largest absolute Gasteiger partial charge is 0.779 e. The molecule has 1 N–H and O–H groups in total. The van der Waals surface area contributed by atoms with Gasteiger partial charge >= 0.3 is 0 Å². The van der Waals surface area contributed by atoms with Crippen molar-refractivity contribution in [2.45, 2.75) is 0 Å². The fraction of sp³-hybridized carbons (Fsp3) is 0. The maximum absolute atomic E-state index is 16.1. The summed E-state index contributed by atoms with van der Waals surface area (Å²) in [5, 5.41) is 11.9. The maximum Gasteiger partial charge on any atom is 0.259 e. The molecule has 5 aromatic carbocycles. The van der Waals surface area contributed by atoms with Crippen molar-refractivity contribution in [1.82, 2.24) is 0 Å². The van der Waals surface area contributed by atoms with Crippen molar-refractivity contribution in [2.24, 2.45) is 0 Å². The molecule has 0 aromatic heterocycles. The van der Waals surface area contributed by atoms with Gasteiger partial charge in [-0.3, -0.25) is 0 Å². The SMILES string of the molecule is O[B@@-]1(c2c(F)c(F)c(F)c(F)c2-c2cc(F)c(F)c(F)c2F)O[B-]2(c3c(F)c(F)c(F)c(F)c3-c3c(F)c(F)c(F)c(F)c32)c2c(F)c(F)c(F)c(F)c21. The van der Waals surface area contributed by atoms with Crippen LogP contribution in [0.2, 0.25) is 0 Å². The number of rotatable bonds is 2. The van der Waals surface area contributed by atoms with Crippen LogP contribution in [0, 0.1) is 116 Å². The Kier molecular flexibility index (Phi) is 7.82. The summed E-state index contributed by atoms with van der Waals surface area (Å²) in [5.74, 6) is -61.1. The Balaban J connectivity index is 1.79. The molecule has 2 heterocycles. The average molecular weight is 796 g/mol. The van der Waals surface area contributed by atoms with Gasteiger partial charge in [0.1, 0.15) is 29.1 Å². The van der Waals surface area contributed by atoms with E-state index in [4.69, 9.17) is 4.57 Å². The van der Waals surface area contributed by atoms with Gasteiger partial charge in [0, 0.05) is 5.56 Å². The molecule has 54 heavy (non-hydrogen) atoms. The Morgan fingerprint density at radius 3 is 1.06 bits per heavy atom. The lowest BCUT2D eigenvalue weighted by atomic mass is 9.30. The van der Waals surface area contributed by atoms with E-state index in [0.717, 1.165) is 0 Å². The minimum Gasteiger partial charge on any atom is -0.779 e. The van der Waals surface area contributed by atoms with Gasteiger partial charge in [0.05, 0.1) is 0 Å². The van der Waals surface area contributed by atoms with E-state index in [-0.39, 0.29) is 0 Å². The predicted octanol–water partition coefficient (Wildman–Crippen LogP) is 5.66. The van der Waals surface area contributed by atoms with E-state index in [1.165, 1.54) is 0 Å². The minimum absolute atomic E-state index is 0.689. The number of halogens is 20. The summed E-state index contributed by atoms with van der Waals surface area (Å²) in [6.07, 6.45) is -5.96. The molecule has 0 aliphatic carbocycles. The van der Waals surface area contributed by atoms with Gasteiger partial charge in [0.2, 0.25) is 0 Å². The fourth-order valence-electron chi connectivity index (χ4n) is 7.24. The summed E-state index contributed by atoms with van der Waals surface area (Å²) in [4.78, 5) is 0. The third-order valence-electron chi connectivity index (χ3n) is 9.28. The molecule has 0 radical (unpaired) electrons. The Bertz CT molecular complexity index is 2560. The van der Waals surface area contributed by atoms with E-state index >= 15 is 39.5 Å². The highest BCUT2D eigenvalue weighted by Gasteiger charge is 2.59. The van der Waals surface area contributed by atoms with Crippen LogP contribution < -0.4 is 27.3 Å². The molecule has 1 atom stereocenters. The maximum atomic E-state index is 16.1. The van der Waals surface area contributed by atoms with Crippen molar-refractivity contribution in [1.29, 1.82) is 0 Å². The molecule has 7 rings (SSSR count). The van der Waals surface area contributed by atoms with Crippen LogP contribution in [0.5, 0.6) is 0 Å². The molecule has 24 heteroatoms. The summed E-state index contributed by atoms with van der Waals surface area (Å²) in [7, 11) is 0.